The molecule has 8 nitrogen and oxygen atoms in total. The van der Waals surface area contributed by atoms with E-state index in [-0.39, 0.29) is 17.7 Å². The largest absolute Gasteiger partial charge is 0.486 e. The van der Waals surface area contributed by atoms with E-state index in [0.717, 1.165) is 47.7 Å². The molecule has 1 aromatic heterocycles. The highest BCUT2D eigenvalue weighted by molar-refractivity contribution is 7.99. The molecule has 1 saturated heterocycles. The van der Waals surface area contributed by atoms with Crippen LogP contribution in [0.5, 0.6) is 11.5 Å². The van der Waals surface area contributed by atoms with Gasteiger partial charge in [-0.2, -0.15) is 4.68 Å². The lowest BCUT2D eigenvalue weighted by atomic mass is 10.0. The van der Waals surface area contributed by atoms with Crippen molar-refractivity contribution in [3.63, 3.8) is 0 Å². The third-order valence-corrected chi connectivity index (χ3v) is 6.54. The fourth-order valence-corrected chi connectivity index (χ4v) is 4.88. The molecule has 2 aliphatic heterocycles. The van der Waals surface area contributed by atoms with Crippen LogP contribution in [0.3, 0.4) is 0 Å². The Morgan fingerprint density at radius 1 is 1.16 bits per heavy atom. The fraction of sp³-hybridized carbons (Fsp3) is 0.364. The summed E-state index contributed by atoms with van der Waals surface area (Å²) in [6.45, 7) is 3.88. The lowest BCUT2D eigenvalue weighted by molar-refractivity contribution is -0.129. The molecule has 1 amide bonds. The monoisotopic (exact) mass is 437 g/mol. The van der Waals surface area contributed by atoms with Gasteiger partial charge in [0.2, 0.25) is 11.1 Å². The third kappa shape index (κ3) is 3.97. The van der Waals surface area contributed by atoms with E-state index in [1.54, 1.807) is 4.68 Å². The average molecular weight is 438 g/mol. The van der Waals surface area contributed by atoms with E-state index in [2.05, 4.69) is 15.5 Å². The van der Waals surface area contributed by atoms with Crippen molar-refractivity contribution in [2.75, 3.05) is 25.5 Å². The van der Waals surface area contributed by atoms with Gasteiger partial charge in [0.1, 0.15) is 13.2 Å². The summed E-state index contributed by atoms with van der Waals surface area (Å²) >= 11 is 1.36. The van der Waals surface area contributed by atoms with Gasteiger partial charge in [-0.1, -0.05) is 36.0 Å². The van der Waals surface area contributed by atoms with E-state index in [0.29, 0.717) is 18.4 Å². The molecule has 0 radical (unpaired) electrons. The molecule has 0 bridgehead atoms. The van der Waals surface area contributed by atoms with Gasteiger partial charge >= 0.3 is 0 Å². The van der Waals surface area contributed by atoms with E-state index >= 15 is 0 Å². The van der Waals surface area contributed by atoms with Crippen LogP contribution in [0.25, 0.3) is 5.69 Å². The third-order valence-electron chi connectivity index (χ3n) is 5.63. The molecule has 2 aliphatic rings. The predicted molar refractivity (Wildman–Crippen MR) is 116 cm³/mol. The number of thioether (sulfide) groups is 1. The van der Waals surface area contributed by atoms with Crippen molar-refractivity contribution in [3.05, 3.63) is 53.6 Å². The van der Waals surface area contributed by atoms with Gasteiger partial charge < -0.3 is 14.4 Å². The molecule has 9 heteroatoms. The summed E-state index contributed by atoms with van der Waals surface area (Å²) in [4.78, 5) is 15.1. The number of amides is 1. The van der Waals surface area contributed by atoms with Crippen LogP contribution in [0.15, 0.2) is 47.6 Å². The molecule has 3 aromatic rings. The topological polar surface area (TPSA) is 82.4 Å². The lowest BCUT2D eigenvalue weighted by Crippen LogP contribution is -2.32. The summed E-state index contributed by atoms with van der Waals surface area (Å²) in [5, 5.41) is 12.7. The van der Waals surface area contributed by atoms with Crippen molar-refractivity contribution in [1.29, 1.82) is 0 Å². The van der Waals surface area contributed by atoms with Crippen LogP contribution in [0, 0.1) is 6.92 Å². The SMILES string of the molecule is Cc1ccccc1-n1nnnc1SCC(=O)N1CCCC1c1ccc2c(c1)OCCO2. The van der Waals surface area contributed by atoms with Gasteiger partial charge in [-0.05, 0) is 59.5 Å². The van der Waals surface area contributed by atoms with Gasteiger partial charge in [0.05, 0.1) is 17.5 Å². The quantitative estimate of drug-likeness (QED) is 0.567. The van der Waals surface area contributed by atoms with Crippen molar-refractivity contribution in [1.82, 2.24) is 25.1 Å². The number of likely N-dealkylation sites (tertiary alicyclic amines) is 1. The molecular weight excluding hydrogens is 414 g/mol. The first-order valence-electron chi connectivity index (χ1n) is 10.4. The standard InChI is InChI=1S/C22H23N5O3S/c1-15-5-2-3-6-17(15)27-22(23-24-25-27)31-14-21(28)26-10-4-7-18(26)16-8-9-19-20(13-16)30-12-11-29-19/h2-3,5-6,8-9,13,18H,4,7,10-12,14H2,1H3. The van der Waals surface area contributed by atoms with E-state index in [1.807, 2.05) is 54.3 Å². The van der Waals surface area contributed by atoms with Gasteiger partial charge in [0.15, 0.2) is 11.5 Å². The first kappa shape index (κ1) is 19.9. The van der Waals surface area contributed by atoms with E-state index in [1.165, 1.54) is 11.8 Å². The van der Waals surface area contributed by atoms with Gasteiger partial charge in [-0.3, -0.25) is 4.79 Å². The molecule has 1 unspecified atom stereocenters. The Balaban J connectivity index is 1.29. The molecule has 160 valence electrons. The number of aromatic nitrogens is 4. The molecule has 1 atom stereocenters. The first-order valence-corrected chi connectivity index (χ1v) is 11.4. The second kappa shape index (κ2) is 8.58. The van der Waals surface area contributed by atoms with Crippen LogP contribution < -0.4 is 9.47 Å². The van der Waals surface area contributed by atoms with Crippen molar-refractivity contribution in [3.8, 4) is 17.2 Å². The van der Waals surface area contributed by atoms with Crippen molar-refractivity contribution in [2.45, 2.75) is 31.0 Å². The van der Waals surface area contributed by atoms with E-state index in [4.69, 9.17) is 9.47 Å². The molecule has 2 aromatic carbocycles. The molecule has 1 fully saturated rings. The smallest absolute Gasteiger partial charge is 0.233 e. The van der Waals surface area contributed by atoms with Crippen LogP contribution in [0.2, 0.25) is 0 Å². The van der Waals surface area contributed by atoms with Crippen LogP contribution in [-0.2, 0) is 4.79 Å². The molecule has 31 heavy (non-hydrogen) atoms. The fourth-order valence-electron chi connectivity index (χ4n) is 4.11. The highest BCUT2D eigenvalue weighted by Crippen LogP contribution is 2.38. The number of ether oxygens (including phenoxy) is 2. The molecule has 0 aliphatic carbocycles. The first-order chi connectivity index (χ1) is 15.2. The summed E-state index contributed by atoms with van der Waals surface area (Å²) in [6, 6.07) is 13.9. The maximum Gasteiger partial charge on any atom is 0.233 e. The Morgan fingerprint density at radius 3 is 2.87 bits per heavy atom. The predicted octanol–water partition coefficient (Wildman–Crippen LogP) is 3.20. The number of aryl methyl sites for hydroxylation is 1. The van der Waals surface area contributed by atoms with Gasteiger partial charge in [-0.25, -0.2) is 0 Å². The number of carbonyl (C=O) groups is 1. The van der Waals surface area contributed by atoms with E-state index in [9.17, 15) is 4.79 Å². The minimum Gasteiger partial charge on any atom is -0.486 e. The van der Waals surface area contributed by atoms with Gasteiger partial charge in [0.25, 0.3) is 0 Å². The Bertz CT molecular complexity index is 1100. The lowest BCUT2D eigenvalue weighted by Gasteiger charge is -2.26. The Labute approximate surface area is 184 Å². The minimum absolute atomic E-state index is 0.0521. The number of tetrazole rings is 1. The van der Waals surface area contributed by atoms with Crippen LogP contribution in [0.4, 0.5) is 0 Å². The molecule has 0 saturated carbocycles. The number of hydrogen-bond acceptors (Lipinski definition) is 7. The number of carbonyl (C=O) groups excluding carboxylic acids is 1. The number of para-hydroxylation sites is 1. The molecule has 0 N–H and O–H groups in total. The van der Waals surface area contributed by atoms with E-state index < -0.39 is 0 Å². The zero-order valence-corrected chi connectivity index (χ0v) is 18.0. The number of rotatable bonds is 5. The maximum atomic E-state index is 13.1. The number of nitrogens with zero attached hydrogens (tertiary/aromatic N) is 5. The highest BCUT2D eigenvalue weighted by atomic mass is 32.2. The maximum absolute atomic E-state index is 13.1. The molecular formula is C22H23N5O3S. The average Bonchev–Trinajstić information content (AvgIpc) is 3.47. The minimum atomic E-state index is 0.0521. The van der Waals surface area contributed by atoms with Crippen LogP contribution in [-0.4, -0.2) is 56.5 Å². The molecule has 3 heterocycles. The second-order valence-electron chi connectivity index (χ2n) is 7.60. The summed E-state index contributed by atoms with van der Waals surface area (Å²) in [5.74, 6) is 1.90. The number of hydrogen-bond donors (Lipinski definition) is 0. The molecule has 5 rings (SSSR count). The normalized spacial score (nSPS) is 17.7. The Kier molecular flexibility index (Phi) is 5.50. The summed E-state index contributed by atoms with van der Waals surface area (Å²) in [6.07, 6.45) is 1.92. The van der Waals surface area contributed by atoms with Crippen molar-refractivity contribution >= 4 is 17.7 Å². The van der Waals surface area contributed by atoms with Crippen LogP contribution >= 0.6 is 11.8 Å². The summed E-state index contributed by atoms with van der Waals surface area (Å²) in [5.41, 5.74) is 3.07. The number of fused-ring (bicyclic) bond motifs is 1. The Morgan fingerprint density at radius 2 is 2.00 bits per heavy atom. The highest BCUT2D eigenvalue weighted by Gasteiger charge is 2.31. The van der Waals surface area contributed by atoms with Crippen LogP contribution in [0.1, 0.15) is 30.0 Å². The van der Waals surface area contributed by atoms with Gasteiger partial charge in [0, 0.05) is 6.54 Å². The summed E-state index contributed by atoms with van der Waals surface area (Å²) in [7, 11) is 0. The van der Waals surface area contributed by atoms with Crippen molar-refractivity contribution in [2.24, 2.45) is 0 Å². The zero-order chi connectivity index (χ0) is 21.2. The second-order valence-corrected chi connectivity index (χ2v) is 8.54. The van der Waals surface area contributed by atoms with Gasteiger partial charge in [-0.15, -0.1) is 5.10 Å². The summed E-state index contributed by atoms with van der Waals surface area (Å²) < 4.78 is 13.0. The number of benzene rings is 2. The van der Waals surface area contributed by atoms with Crippen molar-refractivity contribution < 1.29 is 14.3 Å². The molecule has 0 spiro atoms. The zero-order valence-electron chi connectivity index (χ0n) is 17.2. The Hall–Kier alpha value is -3.07.